The maximum Gasteiger partial charge on any atom is 0.232 e. The van der Waals surface area contributed by atoms with Crippen LogP contribution in [0, 0.1) is 20.8 Å². The van der Waals surface area contributed by atoms with Gasteiger partial charge in [-0.3, -0.25) is 4.79 Å². The van der Waals surface area contributed by atoms with Crippen LogP contribution in [0.1, 0.15) is 21.8 Å². The Labute approximate surface area is 126 Å². The van der Waals surface area contributed by atoms with Gasteiger partial charge in [-0.1, -0.05) is 16.8 Å². The molecule has 0 atom stereocenters. The van der Waals surface area contributed by atoms with E-state index in [0.29, 0.717) is 16.4 Å². The standard InChI is InChI=1S/C15H15N3O2S/c1-8-4-5-13-11(6-8)12(18-20-13)7-14(19)17-15-16-9(2)10(3)21-15/h4-6H,7H2,1-3H3,(H,16,17,19). The monoisotopic (exact) mass is 301 g/mol. The fourth-order valence-corrected chi connectivity index (χ4v) is 2.90. The molecular weight excluding hydrogens is 286 g/mol. The van der Waals surface area contributed by atoms with Crippen LogP contribution in [0.15, 0.2) is 22.7 Å². The van der Waals surface area contributed by atoms with Crippen molar-refractivity contribution in [2.45, 2.75) is 27.2 Å². The summed E-state index contributed by atoms with van der Waals surface area (Å²) < 4.78 is 5.24. The number of amides is 1. The molecule has 0 aliphatic heterocycles. The van der Waals surface area contributed by atoms with Gasteiger partial charge < -0.3 is 9.84 Å². The van der Waals surface area contributed by atoms with Gasteiger partial charge in [0.15, 0.2) is 10.7 Å². The average molecular weight is 301 g/mol. The molecule has 0 bridgehead atoms. The zero-order valence-electron chi connectivity index (χ0n) is 12.1. The van der Waals surface area contributed by atoms with Crippen LogP contribution >= 0.6 is 11.3 Å². The third-order valence-corrected chi connectivity index (χ3v) is 4.29. The zero-order chi connectivity index (χ0) is 15.0. The molecule has 1 amide bonds. The van der Waals surface area contributed by atoms with Crippen molar-refractivity contribution in [2.75, 3.05) is 5.32 Å². The summed E-state index contributed by atoms with van der Waals surface area (Å²) in [6.07, 6.45) is 0.175. The van der Waals surface area contributed by atoms with Crippen molar-refractivity contribution in [2.24, 2.45) is 0 Å². The second-order valence-electron chi connectivity index (χ2n) is 5.01. The quantitative estimate of drug-likeness (QED) is 0.805. The molecule has 3 rings (SSSR count). The lowest BCUT2D eigenvalue weighted by molar-refractivity contribution is -0.115. The molecule has 0 spiro atoms. The van der Waals surface area contributed by atoms with Crippen LogP contribution in [-0.2, 0) is 11.2 Å². The van der Waals surface area contributed by atoms with Crippen LogP contribution < -0.4 is 5.32 Å². The van der Waals surface area contributed by atoms with E-state index in [9.17, 15) is 4.79 Å². The number of hydrogen-bond donors (Lipinski definition) is 1. The molecule has 2 aromatic heterocycles. The summed E-state index contributed by atoms with van der Waals surface area (Å²) in [4.78, 5) is 17.5. The van der Waals surface area contributed by atoms with E-state index in [1.807, 2.05) is 39.0 Å². The largest absolute Gasteiger partial charge is 0.356 e. The Kier molecular flexibility index (Phi) is 3.47. The minimum atomic E-state index is -0.138. The highest BCUT2D eigenvalue weighted by Gasteiger charge is 2.14. The number of fused-ring (bicyclic) bond motifs is 1. The van der Waals surface area contributed by atoms with E-state index in [0.717, 1.165) is 21.5 Å². The number of nitrogens with one attached hydrogen (secondary N) is 1. The highest BCUT2D eigenvalue weighted by atomic mass is 32.1. The smallest absolute Gasteiger partial charge is 0.232 e. The van der Waals surface area contributed by atoms with Crippen LogP contribution in [0.5, 0.6) is 0 Å². The van der Waals surface area contributed by atoms with E-state index in [1.165, 1.54) is 11.3 Å². The molecule has 0 saturated carbocycles. The summed E-state index contributed by atoms with van der Waals surface area (Å²) in [6, 6.07) is 5.80. The van der Waals surface area contributed by atoms with E-state index in [4.69, 9.17) is 4.52 Å². The molecule has 0 aliphatic rings. The number of nitrogens with zero attached hydrogens (tertiary/aromatic N) is 2. The van der Waals surface area contributed by atoms with E-state index < -0.39 is 0 Å². The molecule has 0 unspecified atom stereocenters. The van der Waals surface area contributed by atoms with Crippen LogP contribution in [0.4, 0.5) is 5.13 Å². The molecule has 1 aromatic carbocycles. The molecule has 0 radical (unpaired) electrons. The molecule has 0 fully saturated rings. The summed E-state index contributed by atoms with van der Waals surface area (Å²) in [6.45, 7) is 5.91. The average Bonchev–Trinajstić information content (AvgIpc) is 2.94. The molecule has 1 N–H and O–H groups in total. The summed E-state index contributed by atoms with van der Waals surface area (Å²) in [7, 11) is 0. The van der Waals surface area contributed by atoms with Gasteiger partial charge in [0.1, 0.15) is 5.69 Å². The molecule has 108 valence electrons. The minimum absolute atomic E-state index is 0.138. The van der Waals surface area contributed by atoms with Crippen molar-refractivity contribution in [1.29, 1.82) is 0 Å². The van der Waals surface area contributed by atoms with E-state index in [-0.39, 0.29) is 12.3 Å². The van der Waals surface area contributed by atoms with Gasteiger partial charge >= 0.3 is 0 Å². The summed E-state index contributed by atoms with van der Waals surface area (Å²) in [5.41, 5.74) is 3.40. The van der Waals surface area contributed by atoms with Crippen molar-refractivity contribution < 1.29 is 9.32 Å². The number of rotatable bonds is 3. The topological polar surface area (TPSA) is 68.0 Å². The number of thiazole rings is 1. The molecule has 6 heteroatoms. The Hall–Kier alpha value is -2.21. The van der Waals surface area contributed by atoms with Gasteiger partial charge in [-0.2, -0.15) is 0 Å². The first kappa shape index (κ1) is 13.8. The zero-order valence-corrected chi connectivity index (χ0v) is 12.9. The second-order valence-corrected chi connectivity index (χ2v) is 6.22. The van der Waals surface area contributed by atoms with Crippen molar-refractivity contribution in [3.05, 3.63) is 40.0 Å². The third-order valence-electron chi connectivity index (χ3n) is 3.30. The number of benzene rings is 1. The Morgan fingerprint density at radius 2 is 2.14 bits per heavy atom. The number of carbonyl (C=O) groups excluding carboxylic acids is 1. The van der Waals surface area contributed by atoms with Gasteiger partial charge in [0.2, 0.25) is 5.91 Å². The van der Waals surface area contributed by atoms with Gasteiger partial charge in [0, 0.05) is 10.3 Å². The van der Waals surface area contributed by atoms with Gasteiger partial charge in [0.25, 0.3) is 0 Å². The number of aromatic nitrogens is 2. The van der Waals surface area contributed by atoms with Crippen molar-refractivity contribution in [1.82, 2.24) is 10.1 Å². The molecule has 2 heterocycles. The number of aryl methyl sites for hydroxylation is 3. The first-order valence-electron chi connectivity index (χ1n) is 6.62. The predicted octanol–water partition coefficient (Wildman–Crippen LogP) is 3.39. The summed E-state index contributed by atoms with van der Waals surface area (Å²) in [5, 5.41) is 8.31. The predicted molar refractivity (Wildman–Crippen MR) is 82.7 cm³/mol. The molecule has 3 aromatic rings. The van der Waals surface area contributed by atoms with E-state index in [2.05, 4.69) is 15.5 Å². The van der Waals surface area contributed by atoms with Crippen LogP contribution in [0.3, 0.4) is 0 Å². The van der Waals surface area contributed by atoms with Crippen molar-refractivity contribution in [3.8, 4) is 0 Å². The molecule has 21 heavy (non-hydrogen) atoms. The highest BCUT2D eigenvalue weighted by molar-refractivity contribution is 7.15. The van der Waals surface area contributed by atoms with Crippen LogP contribution in [-0.4, -0.2) is 16.0 Å². The Morgan fingerprint density at radius 1 is 1.33 bits per heavy atom. The molecule has 0 aliphatic carbocycles. The lowest BCUT2D eigenvalue weighted by Crippen LogP contribution is -2.14. The highest BCUT2D eigenvalue weighted by Crippen LogP contribution is 2.23. The Morgan fingerprint density at radius 3 is 2.86 bits per heavy atom. The summed E-state index contributed by atoms with van der Waals surface area (Å²) >= 11 is 1.47. The van der Waals surface area contributed by atoms with Gasteiger partial charge in [-0.05, 0) is 32.9 Å². The van der Waals surface area contributed by atoms with Gasteiger partial charge in [-0.15, -0.1) is 11.3 Å². The summed E-state index contributed by atoms with van der Waals surface area (Å²) in [5.74, 6) is -0.138. The van der Waals surface area contributed by atoms with Crippen molar-refractivity contribution >= 4 is 33.3 Å². The fraction of sp³-hybridized carbons (Fsp3) is 0.267. The molecule has 5 nitrogen and oxygen atoms in total. The normalized spacial score (nSPS) is 11.0. The molecular formula is C15H15N3O2S. The van der Waals surface area contributed by atoms with Crippen LogP contribution in [0.25, 0.3) is 11.0 Å². The van der Waals surface area contributed by atoms with Gasteiger partial charge in [0.05, 0.1) is 12.1 Å². The number of anilines is 1. The number of carbonyl (C=O) groups is 1. The second kappa shape index (κ2) is 5.29. The first-order chi connectivity index (χ1) is 10.0. The fourth-order valence-electron chi connectivity index (χ4n) is 2.07. The Bertz CT molecular complexity index is 800. The maximum absolute atomic E-state index is 12.1. The lowest BCUT2D eigenvalue weighted by Gasteiger charge is -1.99. The molecule has 0 saturated heterocycles. The maximum atomic E-state index is 12.1. The SMILES string of the molecule is Cc1ccc2onc(CC(=O)Nc3nc(C)c(C)s3)c2c1. The third kappa shape index (κ3) is 2.80. The van der Waals surface area contributed by atoms with E-state index >= 15 is 0 Å². The number of hydrogen-bond acceptors (Lipinski definition) is 5. The lowest BCUT2D eigenvalue weighted by atomic mass is 10.1. The van der Waals surface area contributed by atoms with Crippen molar-refractivity contribution in [3.63, 3.8) is 0 Å². The minimum Gasteiger partial charge on any atom is -0.356 e. The van der Waals surface area contributed by atoms with Crippen LogP contribution in [0.2, 0.25) is 0 Å². The van der Waals surface area contributed by atoms with Gasteiger partial charge in [-0.25, -0.2) is 4.98 Å². The Balaban J connectivity index is 1.78. The van der Waals surface area contributed by atoms with E-state index in [1.54, 1.807) is 0 Å². The first-order valence-corrected chi connectivity index (χ1v) is 7.43.